The van der Waals surface area contributed by atoms with Crippen LogP contribution in [0.3, 0.4) is 0 Å². The minimum atomic E-state index is -0.682. The molecule has 0 spiro atoms. The Morgan fingerprint density at radius 3 is 2.34 bits per heavy atom. The maximum absolute atomic E-state index is 12.8. The number of hydrogen-bond acceptors (Lipinski definition) is 3. The van der Waals surface area contributed by atoms with Crippen molar-refractivity contribution in [3.63, 3.8) is 0 Å². The number of hydrogen-bond donors (Lipinski definition) is 2. The molecule has 1 aliphatic heterocycles. The van der Waals surface area contributed by atoms with Crippen LogP contribution in [0.2, 0.25) is 0 Å². The van der Waals surface area contributed by atoms with Crippen LogP contribution in [-0.2, 0) is 9.59 Å². The first-order valence-electron chi connectivity index (χ1n) is 9.24. The van der Waals surface area contributed by atoms with Gasteiger partial charge in [-0.25, -0.2) is 0 Å². The lowest BCUT2D eigenvalue weighted by Gasteiger charge is -2.34. The number of fused-ring (bicyclic) bond motifs is 1. The van der Waals surface area contributed by atoms with Gasteiger partial charge in [-0.1, -0.05) is 40.2 Å². The van der Waals surface area contributed by atoms with Crippen LogP contribution >= 0.6 is 15.9 Å². The first-order valence-corrected chi connectivity index (χ1v) is 10.0. The molecule has 0 aliphatic carbocycles. The zero-order valence-electron chi connectivity index (χ0n) is 15.5. The van der Waals surface area contributed by atoms with Gasteiger partial charge in [-0.3, -0.25) is 14.4 Å². The van der Waals surface area contributed by atoms with Crippen molar-refractivity contribution in [3.8, 4) is 0 Å². The Balaban J connectivity index is 1.35. The first kappa shape index (κ1) is 19.2. The smallest absolute Gasteiger partial charge is 0.313 e. The number of carbonyl (C=O) groups is 3. The van der Waals surface area contributed by atoms with Crippen LogP contribution in [0.15, 0.2) is 59.1 Å². The van der Waals surface area contributed by atoms with Crippen molar-refractivity contribution in [2.45, 2.75) is 0 Å². The van der Waals surface area contributed by atoms with E-state index in [1.807, 2.05) is 36.4 Å². The lowest BCUT2D eigenvalue weighted by atomic mass is 10.2. The molecule has 0 saturated carbocycles. The Morgan fingerprint density at radius 2 is 1.62 bits per heavy atom. The summed E-state index contributed by atoms with van der Waals surface area (Å²) in [6, 6.07) is 16.6. The molecule has 8 heteroatoms. The van der Waals surface area contributed by atoms with Crippen LogP contribution in [0, 0.1) is 0 Å². The zero-order valence-corrected chi connectivity index (χ0v) is 17.1. The predicted octanol–water partition coefficient (Wildman–Crippen LogP) is 2.85. The van der Waals surface area contributed by atoms with Crippen LogP contribution < -0.4 is 5.32 Å². The van der Waals surface area contributed by atoms with Crippen molar-refractivity contribution < 1.29 is 14.4 Å². The molecule has 3 aromatic rings. The van der Waals surface area contributed by atoms with Crippen LogP contribution in [-0.4, -0.2) is 58.7 Å². The van der Waals surface area contributed by atoms with Gasteiger partial charge in [-0.05, 0) is 30.3 Å². The molecule has 29 heavy (non-hydrogen) atoms. The summed E-state index contributed by atoms with van der Waals surface area (Å²) < 4.78 is 0.812. The van der Waals surface area contributed by atoms with Gasteiger partial charge in [0.25, 0.3) is 5.91 Å². The highest BCUT2D eigenvalue weighted by molar-refractivity contribution is 9.10. The van der Waals surface area contributed by atoms with Crippen LogP contribution in [0.5, 0.6) is 0 Å². The average Bonchev–Trinajstić information content (AvgIpc) is 3.17. The van der Waals surface area contributed by atoms with Crippen molar-refractivity contribution >= 4 is 50.2 Å². The van der Waals surface area contributed by atoms with Gasteiger partial charge in [0.2, 0.25) is 0 Å². The molecule has 0 unspecified atom stereocenters. The predicted molar refractivity (Wildman–Crippen MR) is 114 cm³/mol. The molecule has 0 atom stereocenters. The summed E-state index contributed by atoms with van der Waals surface area (Å²) in [4.78, 5) is 43.8. The van der Waals surface area contributed by atoms with Gasteiger partial charge in [-0.2, -0.15) is 0 Å². The molecule has 4 rings (SSSR count). The van der Waals surface area contributed by atoms with E-state index in [1.54, 1.807) is 23.1 Å². The zero-order chi connectivity index (χ0) is 20.4. The van der Waals surface area contributed by atoms with E-state index in [0.29, 0.717) is 37.6 Å². The first-order chi connectivity index (χ1) is 14.0. The molecule has 0 bridgehead atoms. The van der Waals surface area contributed by atoms with Gasteiger partial charge in [0.15, 0.2) is 0 Å². The van der Waals surface area contributed by atoms with E-state index in [2.05, 4.69) is 26.2 Å². The normalized spacial score (nSPS) is 14.1. The maximum atomic E-state index is 12.8. The number of halogens is 1. The maximum Gasteiger partial charge on any atom is 0.313 e. The lowest BCUT2D eigenvalue weighted by molar-refractivity contribution is -0.144. The van der Waals surface area contributed by atoms with Crippen molar-refractivity contribution in [1.29, 1.82) is 0 Å². The molecule has 2 heterocycles. The molecule has 0 radical (unpaired) electrons. The Bertz CT molecular complexity index is 1050. The van der Waals surface area contributed by atoms with Crippen molar-refractivity contribution in [1.82, 2.24) is 14.8 Å². The average molecular weight is 455 g/mol. The van der Waals surface area contributed by atoms with Gasteiger partial charge in [-0.15, -0.1) is 0 Å². The lowest BCUT2D eigenvalue weighted by Crippen LogP contribution is -2.53. The number of anilines is 1. The monoisotopic (exact) mass is 454 g/mol. The van der Waals surface area contributed by atoms with E-state index in [9.17, 15) is 14.4 Å². The molecule has 2 aromatic carbocycles. The standard InChI is InChI=1S/C21H19BrN4O3/c22-15-5-3-6-16(13-15)23-19(27)21(29)26-10-8-25(9-11-26)20(28)18-12-14-4-1-2-7-17(14)24-18/h1-7,12-13,24H,8-11H2,(H,23,27). The molecular formula is C21H19BrN4O3. The largest absolute Gasteiger partial charge is 0.351 e. The molecular weight excluding hydrogens is 436 g/mol. The molecule has 2 N–H and O–H groups in total. The fraction of sp³-hybridized carbons (Fsp3) is 0.190. The van der Waals surface area contributed by atoms with E-state index in [1.165, 1.54) is 4.90 Å². The number of nitrogens with one attached hydrogen (secondary N) is 2. The molecule has 148 valence electrons. The number of H-pyrrole nitrogens is 1. The van der Waals surface area contributed by atoms with E-state index < -0.39 is 11.8 Å². The highest BCUT2D eigenvalue weighted by atomic mass is 79.9. The summed E-state index contributed by atoms with van der Waals surface area (Å²) in [6.07, 6.45) is 0. The molecule has 1 fully saturated rings. The van der Waals surface area contributed by atoms with Gasteiger partial charge >= 0.3 is 11.8 Å². The number of aromatic amines is 1. The highest BCUT2D eigenvalue weighted by Crippen LogP contribution is 2.18. The number of aromatic nitrogens is 1. The number of carbonyl (C=O) groups excluding carboxylic acids is 3. The Labute approximate surface area is 175 Å². The fourth-order valence-electron chi connectivity index (χ4n) is 3.37. The van der Waals surface area contributed by atoms with E-state index in [-0.39, 0.29) is 5.91 Å². The van der Waals surface area contributed by atoms with Crippen molar-refractivity contribution in [3.05, 3.63) is 64.8 Å². The van der Waals surface area contributed by atoms with E-state index >= 15 is 0 Å². The second-order valence-electron chi connectivity index (χ2n) is 6.82. The van der Waals surface area contributed by atoms with Gasteiger partial charge in [0, 0.05) is 47.2 Å². The summed E-state index contributed by atoms with van der Waals surface area (Å²) in [5.74, 6) is -1.38. The van der Waals surface area contributed by atoms with Crippen molar-refractivity contribution in [2.24, 2.45) is 0 Å². The van der Waals surface area contributed by atoms with E-state index in [0.717, 1.165) is 15.4 Å². The van der Waals surface area contributed by atoms with Crippen molar-refractivity contribution in [2.75, 3.05) is 31.5 Å². The summed E-state index contributed by atoms with van der Waals surface area (Å²) in [5.41, 5.74) is 1.98. The van der Waals surface area contributed by atoms with Gasteiger partial charge in [0.1, 0.15) is 5.69 Å². The van der Waals surface area contributed by atoms with Crippen LogP contribution in [0.1, 0.15) is 10.5 Å². The SMILES string of the molecule is O=C(Nc1cccc(Br)c1)C(=O)N1CCN(C(=O)c2cc3ccccc3[nH]2)CC1. The number of para-hydroxylation sites is 1. The Morgan fingerprint density at radius 1 is 0.897 bits per heavy atom. The third kappa shape index (κ3) is 4.17. The van der Waals surface area contributed by atoms with Gasteiger partial charge < -0.3 is 20.1 Å². The summed E-state index contributed by atoms with van der Waals surface area (Å²) in [5, 5.41) is 3.59. The molecule has 1 aromatic heterocycles. The third-order valence-corrected chi connectivity index (χ3v) is 5.38. The summed E-state index contributed by atoms with van der Waals surface area (Å²) in [6.45, 7) is 1.39. The topological polar surface area (TPSA) is 85.5 Å². The Hall–Kier alpha value is -3.13. The third-order valence-electron chi connectivity index (χ3n) is 4.89. The van der Waals surface area contributed by atoms with Gasteiger partial charge in [0.05, 0.1) is 0 Å². The number of benzene rings is 2. The molecule has 7 nitrogen and oxygen atoms in total. The number of rotatable bonds is 2. The summed E-state index contributed by atoms with van der Waals surface area (Å²) in [7, 11) is 0. The number of piperazine rings is 1. The van der Waals surface area contributed by atoms with E-state index in [4.69, 9.17) is 0 Å². The summed E-state index contributed by atoms with van der Waals surface area (Å²) >= 11 is 3.33. The molecule has 1 saturated heterocycles. The van der Waals surface area contributed by atoms with Crippen LogP contribution in [0.25, 0.3) is 10.9 Å². The second-order valence-corrected chi connectivity index (χ2v) is 7.73. The number of amides is 3. The second kappa shape index (κ2) is 8.08. The highest BCUT2D eigenvalue weighted by Gasteiger charge is 2.28. The molecule has 1 aliphatic rings. The minimum Gasteiger partial charge on any atom is -0.351 e. The van der Waals surface area contributed by atoms with Crippen LogP contribution in [0.4, 0.5) is 5.69 Å². The quantitative estimate of drug-likeness (QED) is 0.583. The Kier molecular flexibility index (Phi) is 5.35. The number of nitrogens with zero attached hydrogens (tertiary/aromatic N) is 2. The molecule has 3 amide bonds. The fourth-order valence-corrected chi connectivity index (χ4v) is 3.77. The minimum absolute atomic E-state index is 0.105.